The molecule has 6 nitrogen and oxygen atoms in total. The van der Waals surface area contributed by atoms with E-state index in [1.165, 1.54) is 24.9 Å². The normalized spacial score (nSPS) is 17.9. The summed E-state index contributed by atoms with van der Waals surface area (Å²) in [7, 11) is 0. The van der Waals surface area contributed by atoms with Crippen molar-refractivity contribution in [3.63, 3.8) is 0 Å². The number of amides is 2. The van der Waals surface area contributed by atoms with Gasteiger partial charge in [0, 0.05) is 36.5 Å². The molecule has 0 bridgehead atoms. The predicted octanol–water partition coefficient (Wildman–Crippen LogP) is 3.67. The second kappa shape index (κ2) is 8.53. The fraction of sp³-hybridized carbons (Fsp3) is 0.292. The predicted molar refractivity (Wildman–Crippen MR) is 115 cm³/mol. The number of anilines is 1. The van der Waals surface area contributed by atoms with E-state index in [9.17, 15) is 14.4 Å². The Morgan fingerprint density at radius 2 is 1.57 bits per heavy atom. The number of imide groups is 1. The van der Waals surface area contributed by atoms with Crippen molar-refractivity contribution in [3.8, 4) is 0 Å². The number of carbonyl (C=O) groups is 3. The maximum absolute atomic E-state index is 13.1. The van der Waals surface area contributed by atoms with Gasteiger partial charge in [0.2, 0.25) is 0 Å². The molecule has 2 aliphatic heterocycles. The van der Waals surface area contributed by atoms with Crippen molar-refractivity contribution < 1.29 is 19.5 Å². The lowest BCUT2D eigenvalue weighted by Gasteiger charge is -2.29. The van der Waals surface area contributed by atoms with Gasteiger partial charge >= 0.3 is 5.97 Å². The van der Waals surface area contributed by atoms with E-state index in [0.717, 1.165) is 23.6 Å². The van der Waals surface area contributed by atoms with Crippen LogP contribution in [0.15, 0.2) is 48.5 Å². The molecular weight excluding hydrogens is 380 g/mol. The lowest BCUT2D eigenvalue weighted by Crippen LogP contribution is -2.42. The molecule has 1 fully saturated rings. The number of hydrogen-bond acceptors (Lipinski definition) is 4. The van der Waals surface area contributed by atoms with Gasteiger partial charge in [-0.05, 0) is 54.7 Å². The number of carboxylic acid groups (broad SMARTS) is 1. The second-order valence-electron chi connectivity index (χ2n) is 7.65. The Morgan fingerprint density at radius 3 is 2.23 bits per heavy atom. The molecule has 154 valence electrons. The highest BCUT2D eigenvalue weighted by atomic mass is 16.4. The Bertz CT molecular complexity index is 1000. The van der Waals surface area contributed by atoms with E-state index in [4.69, 9.17) is 5.11 Å². The highest BCUT2D eigenvalue weighted by Crippen LogP contribution is 2.31. The topological polar surface area (TPSA) is 77.9 Å². The van der Waals surface area contributed by atoms with Gasteiger partial charge in [0.25, 0.3) is 11.8 Å². The van der Waals surface area contributed by atoms with E-state index < -0.39 is 17.8 Å². The highest BCUT2D eigenvalue weighted by Gasteiger charge is 2.34. The number of carbonyl (C=O) groups excluding carboxylic acids is 2. The minimum atomic E-state index is -1.05. The molecule has 2 heterocycles. The summed E-state index contributed by atoms with van der Waals surface area (Å²) >= 11 is 0. The van der Waals surface area contributed by atoms with Crippen molar-refractivity contribution in [2.75, 3.05) is 24.5 Å². The van der Waals surface area contributed by atoms with Crippen molar-refractivity contribution in [2.45, 2.75) is 25.7 Å². The lowest BCUT2D eigenvalue weighted by atomic mass is 9.92. The number of rotatable bonds is 5. The van der Waals surface area contributed by atoms with E-state index in [1.54, 1.807) is 30.3 Å². The molecule has 0 saturated carbocycles. The van der Waals surface area contributed by atoms with Crippen LogP contribution in [-0.2, 0) is 9.59 Å². The molecule has 6 heteroatoms. The third-order valence-corrected chi connectivity index (χ3v) is 5.64. The maximum atomic E-state index is 13.1. The van der Waals surface area contributed by atoms with Crippen LogP contribution in [0, 0.1) is 0 Å². The van der Waals surface area contributed by atoms with E-state index in [1.807, 2.05) is 12.1 Å². The van der Waals surface area contributed by atoms with Crippen LogP contribution in [0.25, 0.3) is 11.6 Å². The molecule has 2 aromatic carbocycles. The number of carboxylic acids is 1. The number of piperidine rings is 1. The van der Waals surface area contributed by atoms with Crippen LogP contribution in [0.1, 0.15) is 47.2 Å². The van der Waals surface area contributed by atoms with Gasteiger partial charge in [-0.1, -0.05) is 30.3 Å². The van der Waals surface area contributed by atoms with Gasteiger partial charge < -0.3 is 10.0 Å². The zero-order valence-corrected chi connectivity index (χ0v) is 16.7. The highest BCUT2D eigenvalue weighted by molar-refractivity contribution is 6.33. The molecular formula is C24H24N2O4. The second-order valence-corrected chi connectivity index (χ2v) is 7.65. The van der Waals surface area contributed by atoms with Crippen molar-refractivity contribution in [2.24, 2.45) is 0 Å². The molecule has 2 aromatic rings. The Morgan fingerprint density at radius 1 is 0.900 bits per heavy atom. The fourth-order valence-electron chi connectivity index (χ4n) is 4.05. The molecule has 0 aliphatic carbocycles. The minimum Gasteiger partial charge on any atom is -0.481 e. The number of hydrogen-bond donors (Lipinski definition) is 1. The van der Waals surface area contributed by atoms with Crippen LogP contribution in [0.3, 0.4) is 0 Å². The van der Waals surface area contributed by atoms with Crippen LogP contribution in [0.4, 0.5) is 5.69 Å². The van der Waals surface area contributed by atoms with Crippen molar-refractivity contribution >= 4 is 35.1 Å². The summed E-state index contributed by atoms with van der Waals surface area (Å²) in [5.41, 5.74) is 3.44. The van der Waals surface area contributed by atoms with Gasteiger partial charge in [-0.15, -0.1) is 0 Å². The zero-order chi connectivity index (χ0) is 21.1. The largest absolute Gasteiger partial charge is 0.481 e. The molecule has 2 amide bonds. The molecule has 30 heavy (non-hydrogen) atoms. The summed E-state index contributed by atoms with van der Waals surface area (Å²) in [6.07, 6.45) is 5.19. The summed E-state index contributed by atoms with van der Waals surface area (Å²) < 4.78 is 0. The van der Waals surface area contributed by atoms with E-state index in [2.05, 4.69) is 17.0 Å². The van der Waals surface area contributed by atoms with Crippen LogP contribution in [0.2, 0.25) is 0 Å². The monoisotopic (exact) mass is 404 g/mol. The van der Waals surface area contributed by atoms with Crippen molar-refractivity contribution in [1.82, 2.24) is 4.90 Å². The van der Waals surface area contributed by atoms with Gasteiger partial charge in [-0.3, -0.25) is 19.3 Å². The molecule has 2 aliphatic rings. The average molecular weight is 404 g/mol. The summed E-state index contributed by atoms with van der Waals surface area (Å²) in [6.45, 7) is 1.98. The first-order valence-corrected chi connectivity index (χ1v) is 10.3. The maximum Gasteiger partial charge on any atom is 0.305 e. The Labute approximate surface area is 175 Å². The van der Waals surface area contributed by atoms with Crippen LogP contribution >= 0.6 is 0 Å². The summed E-state index contributed by atoms with van der Waals surface area (Å²) in [5.74, 6) is -1.96. The van der Waals surface area contributed by atoms with Gasteiger partial charge in [-0.25, -0.2) is 0 Å². The summed E-state index contributed by atoms with van der Waals surface area (Å²) in [4.78, 5) is 40.2. The molecule has 1 N–H and O–H groups in total. The molecule has 0 spiro atoms. The minimum absolute atomic E-state index is 0.146. The van der Waals surface area contributed by atoms with Gasteiger partial charge in [0.15, 0.2) is 0 Å². The van der Waals surface area contributed by atoms with Gasteiger partial charge in [0.1, 0.15) is 0 Å². The van der Waals surface area contributed by atoms with Crippen molar-refractivity contribution in [1.29, 1.82) is 0 Å². The first-order valence-electron chi connectivity index (χ1n) is 10.3. The zero-order valence-electron chi connectivity index (χ0n) is 16.7. The van der Waals surface area contributed by atoms with Gasteiger partial charge in [-0.2, -0.15) is 0 Å². The van der Waals surface area contributed by atoms with Crippen molar-refractivity contribution in [3.05, 3.63) is 65.2 Å². The van der Waals surface area contributed by atoms with Crippen LogP contribution < -0.4 is 4.90 Å². The molecule has 4 rings (SSSR count). The van der Waals surface area contributed by atoms with E-state index in [0.29, 0.717) is 16.7 Å². The summed E-state index contributed by atoms with van der Waals surface area (Å²) in [5, 5.41) is 8.98. The lowest BCUT2D eigenvalue weighted by molar-refractivity contribution is -0.137. The Kier molecular flexibility index (Phi) is 5.65. The SMILES string of the molecule is O=C(O)CCN1C(=O)/C(=C\c2ccc(N3CCCCC3)cc2)c2ccccc2C1=O. The molecule has 0 aromatic heterocycles. The molecule has 0 unspecified atom stereocenters. The third-order valence-electron chi connectivity index (χ3n) is 5.64. The number of fused-ring (bicyclic) bond motifs is 1. The van der Waals surface area contributed by atoms with E-state index in [-0.39, 0.29) is 13.0 Å². The molecule has 0 atom stereocenters. The Hall–Kier alpha value is -3.41. The van der Waals surface area contributed by atoms with E-state index >= 15 is 0 Å². The van der Waals surface area contributed by atoms with Crippen LogP contribution in [0.5, 0.6) is 0 Å². The number of aliphatic carboxylic acids is 1. The first kappa shape index (κ1) is 19.9. The Balaban J connectivity index is 1.66. The quantitative estimate of drug-likeness (QED) is 0.608. The van der Waals surface area contributed by atoms with Gasteiger partial charge in [0.05, 0.1) is 6.42 Å². The fourth-order valence-corrected chi connectivity index (χ4v) is 4.05. The standard InChI is InChI=1S/C24H24N2O4/c27-22(28)12-15-26-23(29)20-7-3-2-6-19(20)21(24(26)30)16-17-8-10-18(11-9-17)25-13-4-1-5-14-25/h2-3,6-11,16H,1,4-5,12-15H2,(H,27,28)/b21-16-. The van der Waals surface area contributed by atoms with Crippen LogP contribution in [-0.4, -0.2) is 47.4 Å². The number of nitrogens with zero attached hydrogens (tertiary/aromatic N) is 2. The number of benzene rings is 2. The summed E-state index contributed by atoms with van der Waals surface area (Å²) in [6, 6.07) is 15.0. The third kappa shape index (κ3) is 3.99. The molecule has 1 saturated heterocycles. The first-order chi connectivity index (χ1) is 14.5. The molecule has 0 radical (unpaired) electrons. The average Bonchev–Trinajstić information content (AvgIpc) is 2.77. The smallest absolute Gasteiger partial charge is 0.305 e.